The monoisotopic (exact) mass is 222 g/mol. The maximum atomic E-state index is 13.6. The quantitative estimate of drug-likeness (QED) is 0.846. The Balaban J connectivity index is 2.83. The molecule has 2 rings (SSSR count). The van der Waals surface area contributed by atoms with Gasteiger partial charge in [-0.15, -0.1) is 0 Å². The van der Waals surface area contributed by atoms with Gasteiger partial charge in [0.15, 0.2) is 0 Å². The Hall–Kier alpha value is -1.55. The minimum atomic E-state index is -0.502. The zero-order chi connectivity index (χ0) is 11.7. The third kappa shape index (κ3) is 1.76. The summed E-state index contributed by atoms with van der Waals surface area (Å²) in [6.45, 7) is 2.15. The fourth-order valence-electron chi connectivity index (χ4n) is 1.84. The number of hydrogen-bond donors (Lipinski definition) is 1. The summed E-state index contributed by atoms with van der Waals surface area (Å²) < 4.78 is 27.1. The van der Waals surface area contributed by atoms with Crippen LogP contribution in [0.4, 0.5) is 8.78 Å². The van der Waals surface area contributed by atoms with E-state index < -0.39 is 11.6 Å². The largest absolute Gasteiger partial charge is 0.330 e. The predicted octanol–water partition coefficient (Wildman–Crippen LogP) is 2.32. The van der Waals surface area contributed by atoms with Gasteiger partial charge in [0.25, 0.3) is 0 Å². The minimum absolute atomic E-state index is 0.0865. The van der Waals surface area contributed by atoms with Crippen LogP contribution in [0.5, 0.6) is 0 Å². The molecule has 0 spiro atoms. The van der Waals surface area contributed by atoms with Crippen LogP contribution in [0.25, 0.3) is 10.9 Å². The van der Waals surface area contributed by atoms with E-state index in [-0.39, 0.29) is 10.9 Å². The number of nitrogens with two attached hydrogens (primary N) is 1. The Morgan fingerprint density at radius 1 is 1.25 bits per heavy atom. The van der Waals surface area contributed by atoms with Crippen molar-refractivity contribution in [1.29, 1.82) is 0 Å². The first-order valence-corrected chi connectivity index (χ1v) is 5.08. The van der Waals surface area contributed by atoms with Crippen molar-refractivity contribution in [2.75, 3.05) is 6.54 Å². The van der Waals surface area contributed by atoms with Gasteiger partial charge in [-0.25, -0.2) is 13.8 Å². The van der Waals surface area contributed by atoms with Gasteiger partial charge in [0, 0.05) is 11.1 Å². The number of aromatic nitrogens is 1. The number of rotatable bonds is 2. The molecule has 4 heteroatoms. The molecule has 84 valence electrons. The second-order valence-electron chi connectivity index (χ2n) is 3.71. The number of fused-ring (bicyclic) bond motifs is 1. The molecular formula is C12H12F2N2. The van der Waals surface area contributed by atoms with E-state index >= 15 is 0 Å². The fraction of sp³-hybridized carbons (Fsp3) is 0.250. The Kier molecular flexibility index (Phi) is 2.83. The molecule has 2 N–H and O–H groups in total. The van der Waals surface area contributed by atoms with Crippen LogP contribution in [-0.4, -0.2) is 11.5 Å². The highest BCUT2D eigenvalue weighted by Crippen LogP contribution is 2.24. The van der Waals surface area contributed by atoms with Crippen molar-refractivity contribution in [3.8, 4) is 0 Å². The second kappa shape index (κ2) is 4.14. The van der Waals surface area contributed by atoms with Crippen LogP contribution in [0.3, 0.4) is 0 Å². The topological polar surface area (TPSA) is 38.9 Å². The number of halogens is 2. The molecule has 0 amide bonds. The number of benzene rings is 1. The van der Waals surface area contributed by atoms with Gasteiger partial charge >= 0.3 is 0 Å². The van der Waals surface area contributed by atoms with E-state index in [1.54, 1.807) is 13.0 Å². The van der Waals surface area contributed by atoms with Crippen molar-refractivity contribution >= 4 is 10.9 Å². The number of nitrogens with zero attached hydrogens (tertiary/aromatic N) is 1. The molecule has 2 nitrogen and oxygen atoms in total. The summed E-state index contributed by atoms with van der Waals surface area (Å²) in [6.07, 6.45) is 0.514. The Labute approximate surface area is 92.1 Å². The van der Waals surface area contributed by atoms with Crippen LogP contribution < -0.4 is 5.73 Å². The van der Waals surface area contributed by atoms with Gasteiger partial charge in [-0.05, 0) is 43.7 Å². The van der Waals surface area contributed by atoms with Crippen LogP contribution >= 0.6 is 0 Å². The molecule has 2 aromatic rings. The predicted molar refractivity (Wildman–Crippen MR) is 59.2 cm³/mol. The van der Waals surface area contributed by atoms with Crippen molar-refractivity contribution < 1.29 is 8.78 Å². The zero-order valence-corrected chi connectivity index (χ0v) is 8.93. The Bertz CT molecular complexity index is 538. The first-order chi connectivity index (χ1) is 7.63. The van der Waals surface area contributed by atoms with Gasteiger partial charge in [-0.1, -0.05) is 0 Å². The second-order valence-corrected chi connectivity index (χ2v) is 3.71. The summed E-state index contributed by atoms with van der Waals surface area (Å²) in [5.74, 6) is -0.953. The standard InChI is InChI=1S/C12H12F2N2/c1-7-6-8(4-5-15)11-9(13)2-3-10(14)12(11)16-7/h2-3,6H,4-5,15H2,1H3. The summed E-state index contributed by atoms with van der Waals surface area (Å²) in [5.41, 5.74) is 6.92. The molecule has 0 bridgehead atoms. The smallest absolute Gasteiger partial charge is 0.149 e. The lowest BCUT2D eigenvalue weighted by atomic mass is 10.0. The lowest BCUT2D eigenvalue weighted by Gasteiger charge is -2.08. The summed E-state index contributed by atoms with van der Waals surface area (Å²) in [6, 6.07) is 3.96. The van der Waals surface area contributed by atoms with Gasteiger partial charge in [-0.2, -0.15) is 0 Å². The maximum absolute atomic E-state index is 13.6. The van der Waals surface area contributed by atoms with E-state index in [2.05, 4.69) is 4.98 Å². The molecule has 0 radical (unpaired) electrons. The molecule has 0 saturated heterocycles. The average molecular weight is 222 g/mol. The van der Waals surface area contributed by atoms with Crippen LogP contribution in [0.2, 0.25) is 0 Å². The highest BCUT2D eigenvalue weighted by atomic mass is 19.1. The highest BCUT2D eigenvalue weighted by Gasteiger charge is 2.12. The van der Waals surface area contributed by atoms with E-state index in [1.165, 1.54) is 0 Å². The molecule has 0 aliphatic heterocycles. The van der Waals surface area contributed by atoms with Crippen molar-refractivity contribution in [1.82, 2.24) is 4.98 Å². The molecule has 1 aromatic carbocycles. The molecule has 0 aliphatic rings. The number of hydrogen-bond acceptors (Lipinski definition) is 2. The van der Waals surface area contributed by atoms with Gasteiger partial charge in [0.1, 0.15) is 17.2 Å². The van der Waals surface area contributed by atoms with Crippen LogP contribution in [0, 0.1) is 18.6 Å². The molecule has 0 unspecified atom stereocenters. The molecule has 0 saturated carbocycles. The average Bonchev–Trinajstić information content (AvgIpc) is 2.23. The molecule has 1 aromatic heterocycles. The third-order valence-electron chi connectivity index (χ3n) is 2.48. The van der Waals surface area contributed by atoms with E-state index in [9.17, 15) is 8.78 Å². The molecular weight excluding hydrogens is 210 g/mol. The normalized spacial score (nSPS) is 11.0. The van der Waals surface area contributed by atoms with E-state index in [0.717, 1.165) is 12.1 Å². The fourth-order valence-corrected chi connectivity index (χ4v) is 1.84. The van der Waals surface area contributed by atoms with Crippen molar-refractivity contribution in [2.45, 2.75) is 13.3 Å². The summed E-state index contributed by atoms with van der Waals surface area (Å²) in [4.78, 5) is 4.02. The molecule has 0 aliphatic carbocycles. The minimum Gasteiger partial charge on any atom is -0.330 e. The Morgan fingerprint density at radius 2 is 1.94 bits per heavy atom. The SMILES string of the molecule is Cc1cc(CCN)c2c(F)ccc(F)c2n1. The van der Waals surface area contributed by atoms with Crippen LogP contribution in [-0.2, 0) is 6.42 Å². The van der Waals surface area contributed by atoms with E-state index in [0.29, 0.717) is 24.2 Å². The van der Waals surface area contributed by atoms with Gasteiger partial charge < -0.3 is 5.73 Å². The first-order valence-electron chi connectivity index (χ1n) is 5.08. The van der Waals surface area contributed by atoms with Crippen LogP contribution in [0.1, 0.15) is 11.3 Å². The summed E-state index contributed by atoms with van der Waals surface area (Å²) in [5, 5.41) is 0.246. The van der Waals surface area contributed by atoms with Gasteiger partial charge in [0.2, 0.25) is 0 Å². The highest BCUT2D eigenvalue weighted by molar-refractivity contribution is 5.83. The lowest BCUT2D eigenvalue weighted by Crippen LogP contribution is -2.05. The summed E-state index contributed by atoms with van der Waals surface area (Å²) in [7, 11) is 0. The third-order valence-corrected chi connectivity index (χ3v) is 2.48. The van der Waals surface area contributed by atoms with Crippen molar-refractivity contribution in [3.05, 3.63) is 41.1 Å². The van der Waals surface area contributed by atoms with Gasteiger partial charge in [-0.3, -0.25) is 0 Å². The van der Waals surface area contributed by atoms with Crippen molar-refractivity contribution in [2.24, 2.45) is 5.73 Å². The van der Waals surface area contributed by atoms with Crippen LogP contribution in [0.15, 0.2) is 18.2 Å². The van der Waals surface area contributed by atoms with Gasteiger partial charge in [0.05, 0.1) is 0 Å². The molecule has 0 atom stereocenters. The summed E-state index contributed by atoms with van der Waals surface area (Å²) >= 11 is 0. The molecule has 1 heterocycles. The maximum Gasteiger partial charge on any atom is 0.149 e. The Morgan fingerprint density at radius 3 is 2.62 bits per heavy atom. The lowest BCUT2D eigenvalue weighted by molar-refractivity contribution is 0.614. The first kappa shape index (κ1) is 11.0. The van der Waals surface area contributed by atoms with Crippen molar-refractivity contribution in [3.63, 3.8) is 0 Å². The molecule has 0 fully saturated rings. The van der Waals surface area contributed by atoms with E-state index in [1.807, 2.05) is 0 Å². The number of aryl methyl sites for hydroxylation is 1. The van der Waals surface area contributed by atoms with E-state index in [4.69, 9.17) is 5.73 Å². The number of pyridine rings is 1. The molecule has 16 heavy (non-hydrogen) atoms. The zero-order valence-electron chi connectivity index (χ0n) is 8.93.